The lowest BCUT2D eigenvalue weighted by Crippen LogP contribution is -2.23. The Kier molecular flexibility index (Phi) is 4.23. The standard InChI is InChI=1S/C15H18ClN3O/c1-15(2,3)12(14-17-9-18-19-14)8-13(20)10-4-6-11(16)7-5-10/h4-7,9,12H,8H2,1-3H3,(H,17,18,19). The number of H-pyrrole nitrogens is 1. The van der Waals surface area contributed by atoms with Gasteiger partial charge in [-0.2, -0.15) is 5.10 Å². The van der Waals surface area contributed by atoms with E-state index in [4.69, 9.17) is 11.6 Å². The molecule has 0 amide bonds. The second-order valence-corrected chi connectivity index (χ2v) is 6.36. The summed E-state index contributed by atoms with van der Waals surface area (Å²) in [7, 11) is 0. The second kappa shape index (κ2) is 5.75. The molecule has 0 bridgehead atoms. The predicted molar refractivity (Wildman–Crippen MR) is 79.0 cm³/mol. The largest absolute Gasteiger partial charge is 0.294 e. The first-order chi connectivity index (χ1) is 9.38. The van der Waals surface area contributed by atoms with Crippen LogP contribution in [0.5, 0.6) is 0 Å². The first-order valence-electron chi connectivity index (χ1n) is 6.52. The van der Waals surface area contributed by atoms with E-state index < -0.39 is 0 Å². The van der Waals surface area contributed by atoms with Gasteiger partial charge in [0, 0.05) is 22.9 Å². The molecule has 0 radical (unpaired) electrons. The highest BCUT2D eigenvalue weighted by molar-refractivity contribution is 6.30. The van der Waals surface area contributed by atoms with Gasteiger partial charge < -0.3 is 0 Å². The number of nitrogens with zero attached hydrogens (tertiary/aromatic N) is 2. The molecule has 1 aromatic carbocycles. The number of nitrogens with one attached hydrogen (secondary N) is 1. The van der Waals surface area contributed by atoms with Gasteiger partial charge in [0.15, 0.2) is 5.78 Å². The lowest BCUT2D eigenvalue weighted by atomic mass is 9.76. The van der Waals surface area contributed by atoms with Crippen LogP contribution in [0, 0.1) is 5.41 Å². The summed E-state index contributed by atoms with van der Waals surface area (Å²) in [6.45, 7) is 6.28. The number of ketones is 1. The van der Waals surface area contributed by atoms with Crippen LogP contribution in [0.1, 0.15) is 49.3 Å². The molecular weight excluding hydrogens is 274 g/mol. The second-order valence-electron chi connectivity index (χ2n) is 5.92. The monoisotopic (exact) mass is 291 g/mol. The first kappa shape index (κ1) is 14.7. The Morgan fingerprint density at radius 2 is 1.95 bits per heavy atom. The number of rotatable bonds is 4. The number of aromatic nitrogens is 3. The molecule has 1 unspecified atom stereocenters. The van der Waals surface area contributed by atoms with E-state index in [9.17, 15) is 4.79 Å². The van der Waals surface area contributed by atoms with Gasteiger partial charge in [-0.3, -0.25) is 9.89 Å². The molecule has 2 aromatic rings. The number of hydrogen-bond donors (Lipinski definition) is 1. The molecule has 5 heteroatoms. The van der Waals surface area contributed by atoms with E-state index >= 15 is 0 Å². The minimum atomic E-state index is -0.0817. The third-order valence-corrected chi connectivity index (χ3v) is 3.62. The van der Waals surface area contributed by atoms with Crippen molar-refractivity contribution in [2.75, 3.05) is 0 Å². The Morgan fingerprint density at radius 3 is 2.45 bits per heavy atom. The maximum absolute atomic E-state index is 12.4. The number of aromatic amines is 1. The number of benzene rings is 1. The van der Waals surface area contributed by atoms with Crippen molar-refractivity contribution < 1.29 is 4.79 Å². The minimum absolute atomic E-state index is 0.00632. The molecule has 1 atom stereocenters. The maximum atomic E-state index is 12.4. The highest BCUT2D eigenvalue weighted by Crippen LogP contribution is 2.36. The van der Waals surface area contributed by atoms with Crippen LogP contribution in [-0.4, -0.2) is 21.0 Å². The Labute approximate surface area is 123 Å². The zero-order valence-corrected chi connectivity index (χ0v) is 12.6. The fraction of sp³-hybridized carbons (Fsp3) is 0.400. The lowest BCUT2D eigenvalue weighted by Gasteiger charge is -2.28. The van der Waals surface area contributed by atoms with Gasteiger partial charge in [0.1, 0.15) is 12.2 Å². The third kappa shape index (κ3) is 3.45. The van der Waals surface area contributed by atoms with Gasteiger partial charge in [0.05, 0.1) is 0 Å². The van der Waals surface area contributed by atoms with Gasteiger partial charge in [0.2, 0.25) is 0 Å². The summed E-state index contributed by atoms with van der Waals surface area (Å²) in [5.74, 6) is 0.825. The van der Waals surface area contributed by atoms with Crippen LogP contribution in [0.2, 0.25) is 5.02 Å². The zero-order chi connectivity index (χ0) is 14.8. The van der Waals surface area contributed by atoms with Crippen LogP contribution in [-0.2, 0) is 0 Å². The van der Waals surface area contributed by atoms with Crippen LogP contribution in [0.15, 0.2) is 30.6 Å². The van der Waals surface area contributed by atoms with E-state index in [-0.39, 0.29) is 17.1 Å². The average molecular weight is 292 g/mol. The Hall–Kier alpha value is -1.68. The molecule has 1 N–H and O–H groups in total. The van der Waals surface area contributed by atoms with Gasteiger partial charge in [-0.05, 0) is 29.7 Å². The first-order valence-corrected chi connectivity index (χ1v) is 6.90. The van der Waals surface area contributed by atoms with E-state index in [1.807, 2.05) is 0 Å². The van der Waals surface area contributed by atoms with E-state index in [1.54, 1.807) is 24.3 Å². The van der Waals surface area contributed by atoms with Crippen LogP contribution in [0.4, 0.5) is 0 Å². The number of hydrogen-bond acceptors (Lipinski definition) is 3. The fourth-order valence-corrected chi connectivity index (χ4v) is 2.26. The summed E-state index contributed by atoms with van der Waals surface area (Å²) >= 11 is 5.84. The third-order valence-electron chi connectivity index (χ3n) is 3.36. The van der Waals surface area contributed by atoms with Crippen molar-refractivity contribution in [3.8, 4) is 0 Å². The minimum Gasteiger partial charge on any atom is -0.294 e. The summed E-state index contributed by atoms with van der Waals surface area (Å²) < 4.78 is 0. The van der Waals surface area contributed by atoms with Crippen molar-refractivity contribution in [1.29, 1.82) is 0 Å². The van der Waals surface area contributed by atoms with E-state index in [0.29, 0.717) is 17.0 Å². The van der Waals surface area contributed by atoms with Crippen molar-refractivity contribution >= 4 is 17.4 Å². The van der Waals surface area contributed by atoms with Crippen molar-refractivity contribution in [2.24, 2.45) is 5.41 Å². The molecule has 0 saturated heterocycles. The molecule has 1 heterocycles. The van der Waals surface area contributed by atoms with Crippen LogP contribution in [0.25, 0.3) is 0 Å². The number of carbonyl (C=O) groups excluding carboxylic acids is 1. The molecule has 0 fully saturated rings. The summed E-state index contributed by atoms with van der Waals surface area (Å²) in [4.78, 5) is 16.6. The number of Topliss-reactive ketones (excluding diaryl/α,β-unsaturated/α-hetero) is 1. The van der Waals surface area contributed by atoms with Gasteiger partial charge in [-0.15, -0.1) is 0 Å². The van der Waals surface area contributed by atoms with Crippen molar-refractivity contribution in [1.82, 2.24) is 15.2 Å². The Morgan fingerprint density at radius 1 is 1.30 bits per heavy atom. The van der Waals surface area contributed by atoms with E-state index in [2.05, 4.69) is 36.0 Å². The zero-order valence-electron chi connectivity index (χ0n) is 11.9. The van der Waals surface area contributed by atoms with Crippen LogP contribution < -0.4 is 0 Å². The number of carbonyl (C=O) groups is 1. The summed E-state index contributed by atoms with van der Waals surface area (Å²) in [5, 5.41) is 7.39. The molecule has 0 saturated carbocycles. The normalized spacial score (nSPS) is 13.2. The van der Waals surface area contributed by atoms with Gasteiger partial charge >= 0.3 is 0 Å². The number of halogens is 1. The Balaban J connectivity index is 2.20. The van der Waals surface area contributed by atoms with Crippen molar-refractivity contribution in [2.45, 2.75) is 33.1 Å². The highest BCUT2D eigenvalue weighted by Gasteiger charge is 2.31. The quantitative estimate of drug-likeness (QED) is 0.870. The molecule has 0 aliphatic rings. The summed E-state index contributed by atoms with van der Waals surface area (Å²) in [5.41, 5.74) is 0.588. The van der Waals surface area contributed by atoms with E-state index in [0.717, 1.165) is 5.82 Å². The van der Waals surface area contributed by atoms with Gasteiger partial charge in [-0.25, -0.2) is 4.98 Å². The van der Waals surface area contributed by atoms with Crippen molar-refractivity contribution in [3.05, 3.63) is 47.0 Å². The van der Waals surface area contributed by atoms with Crippen LogP contribution in [0.3, 0.4) is 0 Å². The maximum Gasteiger partial charge on any atom is 0.163 e. The molecule has 20 heavy (non-hydrogen) atoms. The molecule has 0 spiro atoms. The molecule has 4 nitrogen and oxygen atoms in total. The molecule has 0 aliphatic carbocycles. The lowest BCUT2D eigenvalue weighted by molar-refractivity contribution is 0.0948. The SMILES string of the molecule is CC(C)(C)C(CC(=O)c1ccc(Cl)cc1)c1ncn[nH]1. The van der Waals surface area contributed by atoms with E-state index in [1.165, 1.54) is 6.33 Å². The van der Waals surface area contributed by atoms with Crippen molar-refractivity contribution in [3.63, 3.8) is 0 Å². The smallest absolute Gasteiger partial charge is 0.163 e. The summed E-state index contributed by atoms with van der Waals surface area (Å²) in [6.07, 6.45) is 1.86. The average Bonchev–Trinajstić information content (AvgIpc) is 2.88. The Bertz CT molecular complexity index is 570. The predicted octanol–water partition coefficient (Wildman–Crippen LogP) is 3.86. The van der Waals surface area contributed by atoms with Gasteiger partial charge in [0.25, 0.3) is 0 Å². The molecule has 106 valence electrons. The molecule has 0 aliphatic heterocycles. The molecular formula is C15H18ClN3O. The topological polar surface area (TPSA) is 58.6 Å². The summed E-state index contributed by atoms with van der Waals surface area (Å²) in [6, 6.07) is 6.97. The van der Waals surface area contributed by atoms with Gasteiger partial charge in [-0.1, -0.05) is 32.4 Å². The molecule has 1 aromatic heterocycles. The fourth-order valence-electron chi connectivity index (χ4n) is 2.13. The highest BCUT2D eigenvalue weighted by atomic mass is 35.5. The molecule has 2 rings (SSSR count). The van der Waals surface area contributed by atoms with Crippen LogP contribution >= 0.6 is 11.6 Å².